The molecule has 1 unspecified atom stereocenters. The molecule has 0 rings (SSSR count). The van der Waals surface area contributed by atoms with Crippen LogP contribution in [0.3, 0.4) is 0 Å². The van der Waals surface area contributed by atoms with E-state index in [9.17, 15) is 9.59 Å². The monoisotopic (exact) mass is 273 g/mol. The van der Waals surface area contributed by atoms with Crippen LogP contribution in [0.1, 0.15) is 33.6 Å². The summed E-state index contributed by atoms with van der Waals surface area (Å²) in [4.78, 5) is 22.2. The molecule has 0 radical (unpaired) electrons. The van der Waals surface area contributed by atoms with Gasteiger partial charge in [0.05, 0.1) is 6.61 Å². The lowest BCUT2D eigenvalue weighted by atomic mass is 10.3. The molecule has 0 saturated carbocycles. The third kappa shape index (κ3) is 10.2. The van der Waals surface area contributed by atoms with Crippen molar-refractivity contribution in [2.24, 2.45) is 0 Å². The van der Waals surface area contributed by atoms with Gasteiger partial charge in [-0.1, -0.05) is 19.9 Å². The van der Waals surface area contributed by atoms with Crippen molar-refractivity contribution in [1.82, 2.24) is 5.32 Å². The molecule has 0 bridgehead atoms. The fraction of sp³-hybridized carbons (Fsp3) is 0.692. The molecular formula is C13H23NO5. The predicted octanol–water partition coefficient (Wildman–Crippen LogP) is 1.99. The van der Waals surface area contributed by atoms with Crippen LogP contribution in [0.15, 0.2) is 12.2 Å². The summed E-state index contributed by atoms with van der Waals surface area (Å²) in [6.07, 6.45) is 0.897. The molecule has 1 N–H and O–H groups in total. The minimum absolute atomic E-state index is 0.0524. The van der Waals surface area contributed by atoms with Crippen molar-refractivity contribution < 1.29 is 23.8 Å². The number of imide groups is 1. The summed E-state index contributed by atoms with van der Waals surface area (Å²) < 4.78 is 15.3. The zero-order valence-electron chi connectivity index (χ0n) is 11.9. The smallest absolute Gasteiger partial charge is 0.414 e. The Hall–Kier alpha value is -1.40. The lowest BCUT2D eigenvalue weighted by Crippen LogP contribution is -2.32. The average molecular weight is 273 g/mol. The van der Waals surface area contributed by atoms with Gasteiger partial charge >= 0.3 is 6.09 Å². The lowest BCUT2D eigenvalue weighted by Gasteiger charge is -2.13. The van der Waals surface area contributed by atoms with Gasteiger partial charge in [-0.25, -0.2) is 4.79 Å². The lowest BCUT2D eigenvalue weighted by molar-refractivity contribution is -0.136. The second-order valence-corrected chi connectivity index (χ2v) is 4.03. The van der Waals surface area contributed by atoms with E-state index in [-0.39, 0.29) is 25.1 Å². The molecule has 0 heterocycles. The van der Waals surface area contributed by atoms with Crippen molar-refractivity contribution in [2.75, 3.05) is 19.8 Å². The van der Waals surface area contributed by atoms with Gasteiger partial charge in [0.25, 0.3) is 5.91 Å². The molecule has 0 aliphatic carbocycles. The van der Waals surface area contributed by atoms with E-state index in [0.29, 0.717) is 6.61 Å². The first-order chi connectivity index (χ1) is 8.97. The maximum Gasteiger partial charge on any atom is 0.414 e. The Morgan fingerprint density at radius 3 is 2.42 bits per heavy atom. The average Bonchev–Trinajstić information content (AvgIpc) is 2.34. The van der Waals surface area contributed by atoms with Crippen molar-refractivity contribution in [2.45, 2.75) is 39.9 Å². The zero-order valence-corrected chi connectivity index (χ0v) is 11.9. The van der Waals surface area contributed by atoms with Gasteiger partial charge in [-0.05, 0) is 20.3 Å². The Morgan fingerprint density at radius 2 is 1.84 bits per heavy atom. The summed E-state index contributed by atoms with van der Waals surface area (Å²) in [7, 11) is 0. The highest BCUT2D eigenvalue weighted by molar-refractivity contribution is 6.01. The van der Waals surface area contributed by atoms with E-state index in [2.05, 4.69) is 13.5 Å². The highest BCUT2D eigenvalue weighted by Gasteiger charge is 2.09. The third-order valence-electron chi connectivity index (χ3n) is 2.12. The summed E-state index contributed by atoms with van der Waals surface area (Å²) in [5.74, 6) is -0.554. The largest absolute Gasteiger partial charge is 0.447 e. The number of rotatable bonds is 9. The zero-order chi connectivity index (χ0) is 14.7. The molecular weight excluding hydrogens is 250 g/mol. The number of hydrogen-bond acceptors (Lipinski definition) is 5. The van der Waals surface area contributed by atoms with E-state index >= 15 is 0 Å². The quantitative estimate of drug-likeness (QED) is 0.395. The van der Waals surface area contributed by atoms with E-state index in [1.807, 2.05) is 5.32 Å². The van der Waals surface area contributed by atoms with Gasteiger partial charge in [0.1, 0.15) is 6.61 Å². The number of carbonyl (C=O) groups excluding carboxylic acids is 2. The molecule has 0 spiro atoms. The van der Waals surface area contributed by atoms with Gasteiger partial charge in [0.15, 0.2) is 6.29 Å². The standard InChI is InChI=1S/C13H23NO5/c1-5-6-7-17-11(4)18-8-9-19-13(16)14-12(15)10(2)3/h11H,2,5-9H2,1,3-4H3,(H,14,15,16). The number of unbranched alkanes of at least 4 members (excludes halogenated alkanes) is 1. The van der Waals surface area contributed by atoms with Crippen molar-refractivity contribution in [3.05, 3.63) is 12.2 Å². The molecule has 0 aromatic carbocycles. The third-order valence-corrected chi connectivity index (χ3v) is 2.12. The first kappa shape index (κ1) is 17.6. The van der Waals surface area contributed by atoms with Crippen molar-refractivity contribution >= 4 is 12.0 Å². The molecule has 6 nitrogen and oxygen atoms in total. The number of ether oxygens (including phenoxy) is 3. The van der Waals surface area contributed by atoms with E-state index in [0.717, 1.165) is 12.8 Å². The molecule has 0 fully saturated rings. The first-order valence-electron chi connectivity index (χ1n) is 6.34. The van der Waals surface area contributed by atoms with Gasteiger partial charge in [-0.3, -0.25) is 10.1 Å². The van der Waals surface area contributed by atoms with Crippen LogP contribution in [0.5, 0.6) is 0 Å². The summed E-state index contributed by atoms with van der Waals surface area (Å²) in [5, 5.41) is 2.02. The van der Waals surface area contributed by atoms with E-state index in [4.69, 9.17) is 14.2 Å². The summed E-state index contributed by atoms with van der Waals surface area (Å²) in [6.45, 7) is 9.67. The highest BCUT2D eigenvalue weighted by Crippen LogP contribution is 1.97. The Balaban J connectivity index is 3.55. The maximum absolute atomic E-state index is 11.1. The molecule has 0 aliphatic heterocycles. The Kier molecular flexibility index (Phi) is 9.74. The predicted molar refractivity (Wildman–Crippen MR) is 70.6 cm³/mol. The van der Waals surface area contributed by atoms with Gasteiger partial charge in [0, 0.05) is 12.2 Å². The summed E-state index contributed by atoms with van der Waals surface area (Å²) in [6, 6.07) is 0. The number of amides is 2. The molecule has 2 amide bonds. The van der Waals surface area contributed by atoms with E-state index < -0.39 is 12.0 Å². The van der Waals surface area contributed by atoms with Gasteiger partial charge < -0.3 is 14.2 Å². The molecule has 0 aliphatic rings. The summed E-state index contributed by atoms with van der Waals surface area (Å²) >= 11 is 0. The van der Waals surface area contributed by atoms with Gasteiger partial charge in [-0.2, -0.15) is 0 Å². The number of hydrogen-bond donors (Lipinski definition) is 1. The molecule has 1 atom stereocenters. The topological polar surface area (TPSA) is 73.9 Å². The molecule has 0 saturated heterocycles. The van der Waals surface area contributed by atoms with Crippen LogP contribution in [-0.2, 0) is 19.0 Å². The van der Waals surface area contributed by atoms with Crippen LogP contribution in [0.25, 0.3) is 0 Å². The SMILES string of the molecule is C=C(C)C(=O)NC(=O)OCCOC(C)OCCCC. The fourth-order valence-electron chi connectivity index (χ4n) is 1.03. The van der Waals surface area contributed by atoms with Crippen molar-refractivity contribution in [3.63, 3.8) is 0 Å². The fourth-order valence-corrected chi connectivity index (χ4v) is 1.03. The van der Waals surface area contributed by atoms with Crippen LogP contribution in [0.4, 0.5) is 4.79 Å². The minimum atomic E-state index is -0.809. The highest BCUT2D eigenvalue weighted by atomic mass is 16.7. The van der Waals surface area contributed by atoms with Crippen LogP contribution in [0.2, 0.25) is 0 Å². The molecule has 110 valence electrons. The van der Waals surface area contributed by atoms with Crippen molar-refractivity contribution in [3.8, 4) is 0 Å². The molecule has 0 aromatic rings. The van der Waals surface area contributed by atoms with Crippen molar-refractivity contribution in [1.29, 1.82) is 0 Å². The molecule has 19 heavy (non-hydrogen) atoms. The Morgan fingerprint density at radius 1 is 1.21 bits per heavy atom. The van der Waals surface area contributed by atoms with Gasteiger partial charge in [-0.15, -0.1) is 0 Å². The van der Waals surface area contributed by atoms with E-state index in [1.165, 1.54) is 6.92 Å². The Labute approximate surface area is 114 Å². The number of alkyl carbamates (subject to hydrolysis) is 1. The first-order valence-corrected chi connectivity index (χ1v) is 6.34. The number of carbonyl (C=O) groups is 2. The molecule has 0 aromatic heterocycles. The molecule has 6 heteroatoms. The van der Waals surface area contributed by atoms with Crippen LogP contribution >= 0.6 is 0 Å². The normalized spacial score (nSPS) is 11.7. The summed E-state index contributed by atoms with van der Waals surface area (Å²) in [5.41, 5.74) is 0.242. The second-order valence-electron chi connectivity index (χ2n) is 4.03. The van der Waals surface area contributed by atoms with Crippen LogP contribution in [0, 0.1) is 0 Å². The number of nitrogens with one attached hydrogen (secondary N) is 1. The van der Waals surface area contributed by atoms with Crippen LogP contribution < -0.4 is 5.32 Å². The second kappa shape index (κ2) is 10.5. The van der Waals surface area contributed by atoms with Gasteiger partial charge in [0.2, 0.25) is 0 Å². The minimum Gasteiger partial charge on any atom is -0.447 e. The maximum atomic E-state index is 11.1. The van der Waals surface area contributed by atoms with Crippen LogP contribution in [-0.4, -0.2) is 38.1 Å². The Bertz CT molecular complexity index is 303. The van der Waals surface area contributed by atoms with E-state index in [1.54, 1.807) is 6.92 Å².